The zero-order valence-electron chi connectivity index (χ0n) is 17.3. The number of carbonyl (C=O) groups excluding carboxylic acids is 3. The van der Waals surface area contributed by atoms with Crippen LogP contribution in [0, 0.1) is 5.82 Å². The van der Waals surface area contributed by atoms with E-state index < -0.39 is 18.0 Å². The number of rotatable bonds is 9. The van der Waals surface area contributed by atoms with Crippen molar-refractivity contribution in [1.29, 1.82) is 0 Å². The van der Waals surface area contributed by atoms with Gasteiger partial charge in [-0.3, -0.25) is 4.79 Å². The first-order valence-electron chi connectivity index (χ1n) is 9.76. The Labute approximate surface area is 179 Å². The van der Waals surface area contributed by atoms with Gasteiger partial charge in [-0.05, 0) is 61.9 Å². The van der Waals surface area contributed by atoms with Gasteiger partial charge in [0.05, 0.1) is 19.8 Å². The number of ether oxygens (including phenoxy) is 4. The second-order valence-electron chi connectivity index (χ2n) is 6.17. The lowest BCUT2D eigenvalue weighted by atomic mass is 10.3. The number of hydrogen-bond donors (Lipinski definition) is 0. The first kappa shape index (κ1) is 23.7. The molecule has 0 aliphatic heterocycles. The number of halogens is 1. The molecule has 0 aromatic heterocycles. The van der Waals surface area contributed by atoms with Crippen molar-refractivity contribution in [3.05, 3.63) is 54.3 Å². The third-order valence-electron chi connectivity index (χ3n) is 3.80. The smallest absolute Gasteiger partial charge is 0.417 e. The molecule has 0 radical (unpaired) electrons. The predicted molar refractivity (Wildman–Crippen MR) is 108 cm³/mol. The minimum atomic E-state index is -1.14. The van der Waals surface area contributed by atoms with Crippen LogP contribution in [0.5, 0.6) is 17.2 Å². The molecule has 2 aromatic rings. The van der Waals surface area contributed by atoms with Gasteiger partial charge in [0, 0.05) is 0 Å². The molecule has 0 aliphatic carbocycles. The van der Waals surface area contributed by atoms with Crippen LogP contribution in [-0.4, -0.2) is 49.2 Å². The molecule has 0 saturated heterocycles. The molecule has 0 aliphatic rings. The maximum Gasteiger partial charge on any atom is 0.417 e. The molecule has 2 amide bonds. The van der Waals surface area contributed by atoms with Gasteiger partial charge in [0.2, 0.25) is 0 Å². The molecule has 0 fully saturated rings. The van der Waals surface area contributed by atoms with E-state index in [4.69, 9.17) is 14.2 Å². The van der Waals surface area contributed by atoms with Crippen molar-refractivity contribution in [3.8, 4) is 17.2 Å². The monoisotopic (exact) mass is 433 g/mol. The second kappa shape index (κ2) is 12.2. The summed E-state index contributed by atoms with van der Waals surface area (Å²) in [6.07, 6.45) is -0.373. The molecular weight excluding hydrogens is 409 g/mol. The van der Waals surface area contributed by atoms with E-state index in [-0.39, 0.29) is 32.2 Å². The fourth-order valence-electron chi connectivity index (χ4n) is 2.34. The molecular formula is C22H24FNO7. The van der Waals surface area contributed by atoms with Gasteiger partial charge in [0.15, 0.2) is 0 Å². The Bertz CT molecular complexity index is 868. The molecule has 0 heterocycles. The highest BCUT2D eigenvalue weighted by atomic mass is 19.1. The van der Waals surface area contributed by atoms with Gasteiger partial charge in [-0.2, -0.15) is 0 Å². The number of amides is 2. The Morgan fingerprint density at radius 1 is 0.839 bits per heavy atom. The minimum absolute atomic E-state index is 0.00522. The van der Waals surface area contributed by atoms with E-state index in [1.54, 1.807) is 38.1 Å². The molecule has 0 saturated carbocycles. The third-order valence-corrected chi connectivity index (χ3v) is 3.80. The molecule has 166 valence electrons. The summed E-state index contributed by atoms with van der Waals surface area (Å²) in [4.78, 5) is 36.6. The van der Waals surface area contributed by atoms with Crippen LogP contribution in [0.1, 0.15) is 20.3 Å². The Morgan fingerprint density at radius 3 is 2.00 bits per heavy atom. The van der Waals surface area contributed by atoms with Crippen LogP contribution in [-0.2, 0) is 19.1 Å². The number of hydrogen-bond acceptors (Lipinski definition) is 7. The number of nitrogens with zero attached hydrogens (tertiary/aromatic N) is 1. The van der Waals surface area contributed by atoms with Crippen molar-refractivity contribution >= 4 is 18.0 Å². The summed E-state index contributed by atoms with van der Waals surface area (Å²) < 4.78 is 33.7. The summed E-state index contributed by atoms with van der Waals surface area (Å²) in [7, 11) is 0. The standard InChI is InChI=1S/C22H24FNO7/c1-3-14-30-22(27)24(20(25)21(26)28-4-2)13-15-29-17-9-11-19(12-10-17)31-18-7-5-16(23)6-8-18/h5-12H,3-4,13-15H2,1-2H3. The highest BCUT2D eigenvalue weighted by Crippen LogP contribution is 2.24. The van der Waals surface area contributed by atoms with Crippen LogP contribution in [0.15, 0.2) is 48.5 Å². The van der Waals surface area contributed by atoms with Crippen LogP contribution in [0.3, 0.4) is 0 Å². The summed E-state index contributed by atoms with van der Waals surface area (Å²) >= 11 is 0. The highest BCUT2D eigenvalue weighted by Gasteiger charge is 2.29. The quantitative estimate of drug-likeness (QED) is 0.437. The number of imide groups is 1. The van der Waals surface area contributed by atoms with E-state index in [0.717, 1.165) is 0 Å². The maximum absolute atomic E-state index is 12.9. The van der Waals surface area contributed by atoms with Crippen LogP contribution < -0.4 is 9.47 Å². The van der Waals surface area contributed by atoms with Crippen molar-refractivity contribution in [1.82, 2.24) is 4.90 Å². The van der Waals surface area contributed by atoms with Crippen LogP contribution in [0.2, 0.25) is 0 Å². The molecule has 0 N–H and O–H groups in total. The van der Waals surface area contributed by atoms with Gasteiger partial charge in [-0.15, -0.1) is 0 Å². The predicted octanol–water partition coefficient (Wildman–Crippen LogP) is 3.94. The van der Waals surface area contributed by atoms with Gasteiger partial charge in [-0.25, -0.2) is 18.9 Å². The summed E-state index contributed by atoms with van der Waals surface area (Å²) in [5, 5.41) is 0. The molecule has 9 heteroatoms. The van der Waals surface area contributed by atoms with E-state index in [1.807, 2.05) is 0 Å². The first-order chi connectivity index (χ1) is 14.9. The van der Waals surface area contributed by atoms with Crippen molar-refractivity contribution in [2.75, 3.05) is 26.4 Å². The molecule has 0 atom stereocenters. The first-order valence-corrected chi connectivity index (χ1v) is 9.76. The van der Waals surface area contributed by atoms with Crippen LogP contribution in [0.25, 0.3) is 0 Å². The number of carbonyl (C=O) groups is 3. The summed E-state index contributed by atoms with van der Waals surface area (Å²) in [6.45, 7) is 3.21. The average Bonchev–Trinajstić information content (AvgIpc) is 2.77. The van der Waals surface area contributed by atoms with E-state index in [1.165, 1.54) is 24.3 Å². The molecule has 2 rings (SSSR count). The summed E-state index contributed by atoms with van der Waals surface area (Å²) in [5.41, 5.74) is 0. The lowest BCUT2D eigenvalue weighted by molar-refractivity contribution is -0.159. The lowest BCUT2D eigenvalue weighted by Crippen LogP contribution is -2.44. The molecule has 2 aromatic carbocycles. The third kappa shape index (κ3) is 7.61. The van der Waals surface area contributed by atoms with E-state index in [9.17, 15) is 18.8 Å². The normalized spacial score (nSPS) is 10.2. The molecule has 31 heavy (non-hydrogen) atoms. The zero-order valence-corrected chi connectivity index (χ0v) is 17.3. The van der Waals surface area contributed by atoms with Gasteiger partial charge < -0.3 is 18.9 Å². The largest absolute Gasteiger partial charge is 0.492 e. The van der Waals surface area contributed by atoms with Gasteiger partial charge in [-0.1, -0.05) is 6.92 Å². The number of benzene rings is 2. The van der Waals surface area contributed by atoms with Gasteiger partial charge in [0.1, 0.15) is 29.7 Å². The Balaban J connectivity index is 1.92. The average molecular weight is 433 g/mol. The van der Waals surface area contributed by atoms with Crippen molar-refractivity contribution in [2.45, 2.75) is 20.3 Å². The SMILES string of the molecule is CCCOC(=O)N(CCOc1ccc(Oc2ccc(F)cc2)cc1)C(=O)C(=O)OCC. The van der Waals surface area contributed by atoms with E-state index in [2.05, 4.69) is 4.74 Å². The molecule has 8 nitrogen and oxygen atoms in total. The van der Waals surface area contributed by atoms with E-state index >= 15 is 0 Å². The lowest BCUT2D eigenvalue weighted by Gasteiger charge is -2.19. The second-order valence-corrected chi connectivity index (χ2v) is 6.17. The summed E-state index contributed by atoms with van der Waals surface area (Å²) in [5.74, 6) is -1.16. The van der Waals surface area contributed by atoms with Crippen molar-refractivity contribution in [2.24, 2.45) is 0 Å². The number of esters is 1. The van der Waals surface area contributed by atoms with Crippen LogP contribution in [0.4, 0.5) is 9.18 Å². The van der Waals surface area contributed by atoms with Gasteiger partial charge >= 0.3 is 18.0 Å². The zero-order chi connectivity index (χ0) is 22.6. The minimum Gasteiger partial charge on any atom is -0.492 e. The van der Waals surface area contributed by atoms with Crippen molar-refractivity contribution in [3.63, 3.8) is 0 Å². The summed E-state index contributed by atoms with van der Waals surface area (Å²) in [6, 6.07) is 12.2. The fourth-order valence-corrected chi connectivity index (χ4v) is 2.34. The maximum atomic E-state index is 12.9. The Kier molecular flexibility index (Phi) is 9.28. The topological polar surface area (TPSA) is 91.4 Å². The fraction of sp³-hybridized carbons (Fsp3) is 0.318. The molecule has 0 spiro atoms. The van der Waals surface area contributed by atoms with Gasteiger partial charge in [0.25, 0.3) is 0 Å². The highest BCUT2D eigenvalue weighted by molar-refractivity contribution is 6.34. The molecule has 0 unspecified atom stereocenters. The van der Waals surface area contributed by atoms with E-state index in [0.29, 0.717) is 28.6 Å². The van der Waals surface area contributed by atoms with Crippen LogP contribution >= 0.6 is 0 Å². The molecule has 0 bridgehead atoms. The van der Waals surface area contributed by atoms with Crippen molar-refractivity contribution < 1.29 is 37.7 Å². The Hall–Kier alpha value is -3.62. The Morgan fingerprint density at radius 2 is 1.42 bits per heavy atom.